The first kappa shape index (κ1) is 19.0. The molecule has 2 rings (SSSR count). The number of benzene rings is 2. The molecule has 0 bridgehead atoms. The fourth-order valence-electron chi connectivity index (χ4n) is 2.66. The number of nitrogens with one attached hydrogen (secondary N) is 1. The lowest BCUT2D eigenvalue weighted by molar-refractivity contribution is -0.129. The van der Waals surface area contributed by atoms with Crippen molar-refractivity contribution in [3.05, 3.63) is 54.6 Å². The van der Waals surface area contributed by atoms with E-state index in [9.17, 15) is 9.90 Å². The second-order valence-corrected chi connectivity index (χ2v) is 6.07. The number of carbonyl (C=O) groups is 1. The van der Waals surface area contributed by atoms with E-state index in [1.807, 2.05) is 30.3 Å². The number of likely N-dealkylation sites (N-methyl/N-ethyl adjacent to an activating group) is 1. The molecular formula is C21H27NO3. The van der Waals surface area contributed by atoms with E-state index in [-0.39, 0.29) is 5.91 Å². The van der Waals surface area contributed by atoms with Gasteiger partial charge in [-0.15, -0.1) is 0 Å². The summed E-state index contributed by atoms with van der Waals surface area (Å²) in [7, 11) is 1.54. The summed E-state index contributed by atoms with van der Waals surface area (Å²) in [4.78, 5) is 11.2. The van der Waals surface area contributed by atoms with E-state index in [1.54, 1.807) is 0 Å². The van der Waals surface area contributed by atoms with Gasteiger partial charge in [-0.25, -0.2) is 0 Å². The van der Waals surface area contributed by atoms with E-state index in [1.165, 1.54) is 18.2 Å². The molecule has 1 atom stereocenters. The van der Waals surface area contributed by atoms with Gasteiger partial charge in [0.15, 0.2) is 0 Å². The van der Waals surface area contributed by atoms with Crippen molar-refractivity contribution in [1.29, 1.82) is 0 Å². The van der Waals surface area contributed by atoms with Crippen molar-refractivity contribution in [2.75, 3.05) is 13.7 Å². The Morgan fingerprint density at radius 3 is 2.28 bits per heavy atom. The Balaban J connectivity index is 1.60. The molecule has 2 aromatic rings. The first-order chi connectivity index (χ1) is 12.2. The number of carbonyl (C=O) groups excluding carboxylic acids is 1. The fraction of sp³-hybridized carbons (Fsp3) is 0.381. The van der Waals surface area contributed by atoms with Crippen molar-refractivity contribution in [3.63, 3.8) is 0 Å². The highest BCUT2D eigenvalue weighted by Gasteiger charge is 2.11. The Morgan fingerprint density at radius 1 is 0.960 bits per heavy atom. The Bertz CT molecular complexity index is 625. The molecule has 1 unspecified atom stereocenters. The largest absolute Gasteiger partial charge is 0.494 e. The zero-order valence-corrected chi connectivity index (χ0v) is 14.8. The van der Waals surface area contributed by atoms with Gasteiger partial charge in [-0.1, -0.05) is 61.7 Å². The topological polar surface area (TPSA) is 58.6 Å². The molecule has 134 valence electrons. The molecule has 0 fully saturated rings. The van der Waals surface area contributed by atoms with Gasteiger partial charge < -0.3 is 15.2 Å². The van der Waals surface area contributed by atoms with Crippen LogP contribution in [0.1, 0.15) is 32.1 Å². The summed E-state index contributed by atoms with van der Waals surface area (Å²) in [5.41, 5.74) is 2.38. The van der Waals surface area contributed by atoms with Crippen LogP contribution >= 0.6 is 0 Å². The highest BCUT2D eigenvalue weighted by atomic mass is 16.5. The molecular weight excluding hydrogens is 314 g/mol. The fourth-order valence-corrected chi connectivity index (χ4v) is 2.66. The quantitative estimate of drug-likeness (QED) is 0.647. The maximum absolute atomic E-state index is 11.2. The third-order valence-corrected chi connectivity index (χ3v) is 4.15. The van der Waals surface area contributed by atoms with Gasteiger partial charge in [-0.2, -0.15) is 0 Å². The van der Waals surface area contributed by atoms with Gasteiger partial charge in [-0.05, 0) is 36.1 Å². The van der Waals surface area contributed by atoms with Gasteiger partial charge in [0.25, 0.3) is 0 Å². The molecule has 0 aliphatic rings. The smallest absolute Gasteiger partial charge is 0.248 e. The number of aliphatic hydroxyl groups is 1. The van der Waals surface area contributed by atoms with Crippen LogP contribution in [0.2, 0.25) is 0 Å². The Hall–Kier alpha value is -2.33. The minimum atomic E-state index is -0.885. The normalized spacial score (nSPS) is 11.8. The van der Waals surface area contributed by atoms with Crippen LogP contribution in [-0.4, -0.2) is 30.8 Å². The molecule has 25 heavy (non-hydrogen) atoms. The predicted octanol–water partition coefficient (Wildman–Crippen LogP) is 3.79. The number of unbranched alkanes of at least 4 members (excludes halogenated alkanes) is 3. The molecule has 2 N–H and O–H groups in total. The van der Waals surface area contributed by atoms with Crippen LogP contribution in [0.25, 0.3) is 11.1 Å². The van der Waals surface area contributed by atoms with Crippen LogP contribution < -0.4 is 10.1 Å². The van der Waals surface area contributed by atoms with E-state index >= 15 is 0 Å². The van der Waals surface area contributed by atoms with Crippen LogP contribution in [0, 0.1) is 0 Å². The standard InChI is InChI=1S/C21H27NO3/c1-22-21(24)20(23)11-7-2-3-8-16-25-19-14-12-18(13-15-19)17-9-5-4-6-10-17/h4-6,9-10,12-15,20,23H,2-3,7-8,11,16H2,1H3,(H,22,24). The molecule has 0 aromatic heterocycles. The first-order valence-corrected chi connectivity index (χ1v) is 8.88. The number of amides is 1. The lowest BCUT2D eigenvalue weighted by Gasteiger charge is -2.09. The van der Waals surface area contributed by atoms with E-state index < -0.39 is 6.10 Å². The highest BCUT2D eigenvalue weighted by molar-refractivity contribution is 5.80. The second-order valence-electron chi connectivity index (χ2n) is 6.07. The molecule has 0 saturated heterocycles. The van der Waals surface area contributed by atoms with Gasteiger partial charge in [0.1, 0.15) is 11.9 Å². The van der Waals surface area contributed by atoms with Gasteiger partial charge in [0, 0.05) is 7.05 Å². The van der Waals surface area contributed by atoms with Crippen molar-refractivity contribution >= 4 is 5.91 Å². The SMILES string of the molecule is CNC(=O)C(O)CCCCCCOc1ccc(-c2ccccc2)cc1. The number of aliphatic hydroxyl groups excluding tert-OH is 1. The van der Waals surface area contributed by atoms with Crippen LogP contribution in [0.15, 0.2) is 54.6 Å². The molecule has 1 amide bonds. The van der Waals surface area contributed by atoms with E-state index in [4.69, 9.17) is 4.74 Å². The molecule has 2 aromatic carbocycles. The monoisotopic (exact) mass is 341 g/mol. The Kier molecular flexibility index (Phi) is 7.99. The van der Waals surface area contributed by atoms with Crippen molar-refractivity contribution in [3.8, 4) is 16.9 Å². The van der Waals surface area contributed by atoms with Gasteiger partial charge >= 0.3 is 0 Å². The predicted molar refractivity (Wildman–Crippen MR) is 101 cm³/mol. The number of ether oxygens (including phenoxy) is 1. The molecule has 4 heteroatoms. The third kappa shape index (κ3) is 6.59. The van der Waals surface area contributed by atoms with Crippen LogP contribution in [-0.2, 0) is 4.79 Å². The maximum Gasteiger partial charge on any atom is 0.248 e. The van der Waals surface area contributed by atoms with Crippen LogP contribution in [0.4, 0.5) is 0 Å². The summed E-state index contributed by atoms with van der Waals surface area (Å²) < 4.78 is 5.77. The zero-order chi connectivity index (χ0) is 17.9. The summed E-state index contributed by atoms with van der Waals surface area (Å²) in [6.45, 7) is 0.683. The first-order valence-electron chi connectivity index (χ1n) is 8.88. The average molecular weight is 341 g/mol. The minimum Gasteiger partial charge on any atom is -0.494 e. The van der Waals surface area contributed by atoms with Crippen LogP contribution in [0.3, 0.4) is 0 Å². The molecule has 0 spiro atoms. The number of hydrogen-bond donors (Lipinski definition) is 2. The molecule has 4 nitrogen and oxygen atoms in total. The zero-order valence-electron chi connectivity index (χ0n) is 14.8. The Morgan fingerprint density at radius 2 is 1.60 bits per heavy atom. The van der Waals surface area contributed by atoms with Crippen LogP contribution in [0.5, 0.6) is 5.75 Å². The molecule has 0 radical (unpaired) electrons. The summed E-state index contributed by atoms with van der Waals surface area (Å²) >= 11 is 0. The maximum atomic E-state index is 11.2. The van der Waals surface area contributed by atoms with E-state index in [0.717, 1.165) is 31.4 Å². The molecule has 0 saturated carbocycles. The lowest BCUT2D eigenvalue weighted by Crippen LogP contribution is -2.31. The summed E-state index contributed by atoms with van der Waals surface area (Å²) in [6, 6.07) is 18.4. The van der Waals surface area contributed by atoms with Crippen molar-refractivity contribution < 1.29 is 14.6 Å². The summed E-state index contributed by atoms with van der Waals surface area (Å²) in [5.74, 6) is 0.581. The number of rotatable bonds is 10. The van der Waals surface area contributed by atoms with Crippen molar-refractivity contribution in [2.45, 2.75) is 38.2 Å². The van der Waals surface area contributed by atoms with Crippen molar-refractivity contribution in [1.82, 2.24) is 5.32 Å². The third-order valence-electron chi connectivity index (χ3n) is 4.15. The summed E-state index contributed by atoms with van der Waals surface area (Å²) in [6.07, 6.45) is 3.47. The van der Waals surface area contributed by atoms with Gasteiger partial charge in [-0.3, -0.25) is 4.79 Å². The molecule has 0 aliphatic carbocycles. The van der Waals surface area contributed by atoms with Gasteiger partial charge in [0.2, 0.25) is 5.91 Å². The highest BCUT2D eigenvalue weighted by Crippen LogP contribution is 2.22. The number of hydrogen-bond acceptors (Lipinski definition) is 3. The minimum absolute atomic E-state index is 0.303. The average Bonchev–Trinajstić information content (AvgIpc) is 2.67. The molecule has 0 heterocycles. The lowest BCUT2D eigenvalue weighted by atomic mass is 10.1. The van der Waals surface area contributed by atoms with Crippen molar-refractivity contribution in [2.24, 2.45) is 0 Å². The second kappa shape index (κ2) is 10.5. The van der Waals surface area contributed by atoms with E-state index in [0.29, 0.717) is 13.0 Å². The molecule has 0 aliphatic heterocycles. The van der Waals surface area contributed by atoms with Gasteiger partial charge in [0.05, 0.1) is 6.61 Å². The summed E-state index contributed by atoms with van der Waals surface area (Å²) in [5, 5.41) is 12.0. The Labute approximate surface area is 149 Å². The van der Waals surface area contributed by atoms with E-state index in [2.05, 4.69) is 29.6 Å².